The van der Waals surface area contributed by atoms with E-state index in [0.717, 1.165) is 5.56 Å². The SMILES string of the molecule is CC(=O)c1ccccc1NC(=O)COC(=O)C(Cc1ccccc1)NC(=O)c1ccccc1. The van der Waals surface area contributed by atoms with Gasteiger partial charge >= 0.3 is 5.97 Å². The topological polar surface area (TPSA) is 102 Å². The summed E-state index contributed by atoms with van der Waals surface area (Å²) in [6.07, 6.45) is 0.201. The second-order valence-electron chi connectivity index (χ2n) is 7.34. The van der Waals surface area contributed by atoms with Crippen molar-refractivity contribution in [1.29, 1.82) is 0 Å². The Balaban J connectivity index is 1.66. The van der Waals surface area contributed by atoms with E-state index in [-0.39, 0.29) is 12.2 Å². The summed E-state index contributed by atoms with van der Waals surface area (Å²) in [4.78, 5) is 49.4. The van der Waals surface area contributed by atoms with Crippen molar-refractivity contribution in [2.75, 3.05) is 11.9 Å². The molecule has 2 amide bonds. The van der Waals surface area contributed by atoms with Crippen LogP contribution in [0.25, 0.3) is 0 Å². The van der Waals surface area contributed by atoms with Crippen LogP contribution in [0, 0.1) is 0 Å². The molecular formula is C26H24N2O5. The number of nitrogens with one attached hydrogen (secondary N) is 2. The third-order valence-corrected chi connectivity index (χ3v) is 4.83. The van der Waals surface area contributed by atoms with Crippen molar-refractivity contribution < 1.29 is 23.9 Å². The van der Waals surface area contributed by atoms with Crippen molar-refractivity contribution in [1.82, 2.24) is 5.32 Å². The normalized spacial score (nSPS) is 11.2. The lowest BCUT2D eigenvalue weighted by Gasteiger charge is -2.18. The Hall–Kier alpha value is -4.26. The highest BCUT2D eigenvalue weighted by atomic mass is 16.5. The Morgan fingerprint density at radius 3 is 2.09 bits per heavy atom. The van der Waals surface area contributed by atoms with Crippen molar-refractivity contribution in [2.45, 2.75) is 19.4 Å². The van der Waals surface area contributed by atoms with E-state index in [1.165, 1.54) is 6.92 Å². The quantitative estimate of drug-likeness (QED) is 0.389. The van der Waals surface area contributed by atoms with Crippen LogP contribution in [-0.4, -0.2) is 36.2 Å². The van der Waals surface area contributed by atoms with Crippen LogP contribution in [0.2, 0.25) is 0 Å². The van der Waals surface area contributed by atoms with Crippen molar-refractivity contribution >= 4 is 29.3 Å². The lowest BCUT2D eigenvalue weighted by atomic mass is 10.1. The average Bonchev–Trinajstić information content (AvgIpc) is 2.83. The molecule has 3 aromatic carbocycles. The van der Waals surface area contributed by atoms with Crippen LogP contribution in [-0.2, 0) is 20.7 Å². The second-order valence-corrected chi connectivity index (χ2v) is 7.34. The van der Waals surface area contributed by atoms with Crippen molar-refractivity contribution in [3.8, 4) is 0 Å². The molecule has 1 atom stereocenters. The molecule has 0 aliphatic carbocycles. The van der Waals surface area contributed by atoms with E-state index in [0.29, 0.717) is 16.8 Å². The third kappa shape index (κ3) is 6.87. The number of amides is 2. The minimum Gasteiger partial charge on any atom is -0.454 e. The van der Waals surface area contributed by atoms with Crippen LogP contribution in [0.4, 0.5) is 5.69 Å². The van der Waals surface area contributed by atoms with Crippen LogP contribution in [0.3, 0.4) is 0 Å². The van der Waals surface area contributed by atoms with Crippen LogP contribution < -0.4 is 10.6 Å². The predicted molar refractivity (Wildman–Crippen MR) is 124 cm³/mol. The average molecular weight is 444 g/mol. The molecule has 0 aliphatic rings. The Kier molecular flexibility index (Phi) is 8.07. The number of ether oxygens (including phenoxy) is 1. The first-order valence-electron chi connectivity index (χ1n) is 10.4. The van der Waals surface area contributed by atoms with Gasteiger partial charge in [-0.15, -0.1) is 0 Å². The molecule has 0 radical (unpaired) electrons. The molecule has 0 heterocycles. The van der Waals surface area contributed by atoms with Crippen LogP contribution in [0.5, 0.6) is 0 Å². The molecule has 33 heavy (non-hydrogen) atoms. The largest absolute Gasteiger partial charge is 0.454 e. The zero-order chi connectivity index (χ0) is 23.6. The molecule has 3 rings (SSSR count). The molecule has 0 fully saturated rings. The van der Waals surface area contributed by atoms with Gasteiger partial charge < -0.3 is 15.4 Å². The fourth-order valence-corrected chi connectivity index (χ4v) is 3.20. The molecule has 3 aromatic rings. The first-order valence-corrected chi connectivity index (χ1v) is 10.4. The molecule has 2 N–H and O–H groups in total. The maximum absolute atomic E-state index is 12.8. The smallest absolute Gasteiger partial charge is 0.329 e. The number of para-hydroxylation sites is 1. The van der Waals surface area contributed by atoms with Gasteiger partial charge in [0.1, 0.15) is 6.04 Å². The lowest BCUT2D eigenvalue weighted by Crippen LogP contribution is -2.44. The summed E-state index contributed by atoms with van der Waals surface area (Å²) in [5.41, 5.74) is 1.92. The maximum Gasteiger partial charge on any atom is 0.329 e. The van der Waals surface area contributed by atoms with Crippen LogP contribution >= 0.6 is 0 Å². The van der Waals surface area contributed by atoms with Gasteiger partial charge in [-0.1, -0.05) is 60.7 Å². The number of hydrogen-bond donors (Lipinski definition) is 2. The van der Waals surface area contributed by atoms with Crippen molar-refractivity contribution in [3.63, 3.8) is 0 Å². The van der Waals surface area contributed by atoms with E-state index < -0.39 is 30.4 Å². The summed E-state index contributed by atoms with van der Waals surface area (Å²) in [5.74, 6) is -1.95. The zero-order valence-corrected chi connectivity index (χ0v) is 18.1. The van der Waals surface area contributed by atoms with Crippen LogP contribution in [0.15, 0.2) is 84.9 Å². The molecule has 168 valence electrons. The fraction of sp³-hybridized carbons (Fsp3) is 0.154. The number of rotatable bonds is 9. The van der Waals surface area contributed by atoms with Gasteiger partial charge in [-0.05, 0) is 36.8 Å². The van der Waals surface area contributed by atoms with E-state index in [4.69, 9.17) is 4.74 Å². The highest BCUT2D eigenvalue weighted by Crippen LogP contribution is 2.15. The van der Waals surface area contributed by atoms with Gasteiger partial charge in [0.2, 0.25) is 0 Å². The molecule has 0 saturated heterocycles. The Labute approximate surface area is 191 Å². The molecule has 1 unspecified atom stereocenters. The highest BCUT2D eigenvalue weighted by molar-refractivity contribution is 6.04. The number of Topliss-reactive ketones (excluding diaryl/α,β-unsaturated/α-hetero) is 1. The predicted octanol–water partition coefficient (Wildman–Crippen LogP) is 3.41. The van der Waals surface area contributed by atoms with Gasteiger partial charge in [0.05, 0.1) is 5.69 Å². The number of anilines is 1. The molecule has 0 bridgehead atoms. The first-order chi connectivity index (χ1) is 15.9. The zero-order valence-electron chi connectivity index (χ0n) is 18.1. The number of carbonyl (C=O) groups is 4. The number of hydrogen-bond acceptors (Lipinski definition) is 5. The van der Waals surface area contributed by atoms with Gasteiger partial charge in [-0.3, -0.25) is 14.4 Å². The van der Waals surface area contributed by atoms with Gasteiger partial charge in [0, 0.05) is 17.5 Å². The monoisotopic (exact) mass is 444 g/mol. The molecule has 0 saturated carbocycles. The Morgan fingerprint density at radius 2 is 1.42 bits per heavy atom. The van der Waals surface area contributed by atoms with E-state index in [1.54, 1.807) is 54.6 Å². The molecule has 0 aliphatic heterocycles. The molecule has 0 spiro atoms. The van der Waals surface area contributed by atoms with Crippen LogP contribution in [0.1, 0.15) is 33.2 Å². The minimum absolute atomic E-state index is 0.200. The number of benzene rings is 3. The van der Waals surface area contributed by atoms with Gasteiger partial charge in [0.15, 0.2) is 12.4 Å². The summed E-state index contributed by atoms with van der Waals surface area (Å²) in [6, 6.07) is 23.3. The number of ketones is 1. The van der Waals surface area contributed by atoms with E-state index in [9.17, 15) is 19.2 Å². The van der Waals surface area contributed by atoms with E-state index in [1.807, 2.05) is 30.3 Å². The summed E-state index contributed by atoms with van der Waals surface area (Å²) < 4.78 is 5.20. The Bertz CT molecular complexity index is 1130. The Morgan fingerprint density at radius 1 is 0.818 bits per heavy atom. The molecular weight excluding hydrogens is 420 g/mol. The highest BCUT2D eigenvalue weighted by Gasteiger charge is 2.24. The summed E-state index contributed by atoms with van der Waals surface area (Å²) >= 11 is 0. The van der Waals surface area contributed by atoms with Crippen molar-refractivity contribution in [3.05, 3.63) is 102 Å². The first kappa shape index (κ1) is 23.4. The second kappa shape index (κ2) is 11.4. The fourth-order valence-electron chi connectivity index (χ4n) is 3.20. The molecule has 0 aromatic heterocycles. The lowest BCUT2D eigenvalue weighted by molar-refractivity contribution is -0.149. The summed E-state index contributed by atoms with van der Waals surface area (Å²) in [6.45, 7) is 0.839. The van der Waals surface area contributed by atoms with E-state index in [2.05, 4.69) is 10.6 Å². The maximum atomic E-state index is 12.8. The van der Waals surface area contributed by atoms with Crippen molar-refractivity contribution in [2.24, 2.45) is 0 Å². The summed E-state index contributed by atoms with van der Waals surface area (Å²) in [5, 5.41) is 5.27. The van der Waals surface area contributed by atoms with Gasteiger partial charge in [-0.2, -0.15) is 0 Å². The molecule has 7 heteroatoms. The van der Waals surface area contributed by atoms with Gasteiger partial charge in [0.25, 0.3) is 11.8 Å². The van der Waals surface area contributed by atoms with E-state index >= 15 is 0 Å². The third-order valence-electron chi connectivity index (χ3n) is 4.83. The molecule has 7 nitrogen and oxygen atoms in total. The minimum atomic E-state index is -0.989. The number of carbonyl (C=O) groups excluding carboxylic acids is 4. The number of esters is 1. The summed E-state index contributed by atoms with van der Waals surface area (Å²) in [7, 11) is 0. The van der Waals surface area contributed by atoms with Gasteiger partial charge in [-0.25, -0.2) is 4.79 Å². The standard InChI is InChI=1S/C26H24N2O5/c1-18(29)21-14-8-9-15-22(21)27-24(30)17-33-26(32)23(16-19-10-4-2-5-11-19)28-25(31)20-12-6-3-7-13-20/h2-15,23H,16-17H2,1H3,(H,27,30)(H,28,31).